The van der Waals surface area contributed by atoms with Crippen molar-refractivity contribution in [1.29, 1.82) is 0 Å². The maximum atomic E-state index is 12.9. The molecule has 0 unspecified atom stereocenters. The van der Waals surface area contributed by atoms with E-state index in [4.69, 9.17) is 4.98 Å². The average Bonchev–Trinajstić information content (AvgIpc) is 2.80. The van der Waals surface area contributed by atoms with Gasteiger partial charge in [-0.15, -0.1) is 0 Å². The van der Waals surface area contributed by atoms with Crippen LogP contribution in [0, 0.1) is 13.8 Å². The minimum absolute atomic E-state index is 0.0200. The minimum atomic E-state index is 0.0200. The molecule has 0 aliphatic carbocycles. The second-order valence-corrected chi connectivity index (χ2v) is 9.04. The molecule has 1 amide bonds. The highest BCUT2D eigenvalue weighted by atomic mass is 32.2. The van der Waals surface area contributed by atoms with Crippen LogP contribution >= 0.6 is 11.8 Å². The summed E-state index contributed by atoms with van der Waals surface area (Å²) in [5, 5.41) is 0.768. The van der Waals surface area contributed by atoms with Crippen LogP contribution < -0.4 is 4.90 Å². The highest BCUT2D eigenvalue weighted by Gasteiger charge is 2.14. The lowest BCUT2D eigenvalue weighted by Gasteiger charge is -2.21. The van der Waals surface area contributed by atoms with Crippen LogP contribution in [0.4, 0.5) is 5.82 Å². The summed E-state index contributed by atoms with van der Waals surface area (Å²) in [4.78, 5) is 26.3. The summed E-state index contributed by atoms with van der Waals surface area (Å²) in [5.41, 5.74) is 5.03. The smallest absolute Gasteiger partial charge is 0.253 e. The molecule has 0 aliphatic heterocycles. The van der Waals surface area contributed by atoms with Crippen molar-refractivity contribution in [2.75, 3.05) is 25.5 Å². The van der Waals surface area contributed by atoms with Gasteiger partial charge in [0.15, 0.2) is 5.16 Å². The predicted molar refractivity (Wildman–Crippen MR) is 133 cm³/mol. The van der Waals surface area contributed by atoms with Gasteiger partial charge in [0.25, 0.3) is 5.91 Å². The normalized spacial score (nSPS) is 10.8. The van der Waals surface area contributed by atoms with Gasteiger partial charge in [-0.1, -0.05) is 61.2 Å². The van der Waals surface area contributed by atoms with E-state index >= 15 is 0 Å². The highest BCUT2D eigenvalue weighted by molar-refractivity contribution is 7.98. The van der Waals surface area contributed by atoms with E-state index < -0.39 is 0 Å². The number of rotatable bonds is 9. The first-order valence-corrected chi connectivity index (χ1v) is 11.9. The zero-order valence-corrected chi connectivity index (χ0v) is 20.4. The summed E-state index contributed by atoms with van der Waals surface area (Å²) < 4.78 is 0. The number of amides is 1. The van der Waals surface area contributed by atoms with Crippen molar-refractivity contribution in [1.82, 2.24) is 14.9 Å². The maximum Gasteiger partial charge on any atom is 0.253 e. The van der Waals surface area contributed by atoms with Crippen molar-refractivity contribution in [3.63, 3.8) is 0 Å². The first-order valence-electron chi connectivity index (χ1n) is 11.0. The molecule has 6 heteroatoms. The van der Waals surface area contributed by atoms with Crippen LogP contribution in [0.25, 0.3) is 0 Å². The molecule has 2 aromatic carbocycles. The molecule has 0 fully saturated rings. The Hall–Kier alpha value is -2.86. The van der Waals surface area contributed by atoms with Gasteiger partial charge in [-0.3, -0.25) is 4.79 Å². The number of carbonyl (C=O) groups excluding carboxylic acids is 1. The molecule has 0 N–H and O–H groups in total. The van der Waals surface area contributed by atoms with Gasteiger partial charge in [0.05, 0.1) is 0 Å². The molecule has 32 heavy (non-hydrogen) atoms. The first kappa shape index (κ1) is 23.8. The van der Waals surface area contributed by atoms with Gasteiger partial charge in [-0.05, 0) is 43.5 Å². The molecule has 0 spiro atoms. The van der Waals surface area contributed by atoms with Crippen molar-refractivity contribution >= 4 is 23.5 Å². The summed E-state index contributed by atoms with van der Waals surface area (Å²) in [7, 11) is 3.92. The van der Waals surface area contributed by atoms with E-state index in [0.717, 1.165) is 46.3 Å². The number of nitrogens with zero attached hydrogens (tertiary/aromatic N) is 4. The number of thioether (sulfide) groups is 1. The molecule has 5 nitrogen and oxygen atoms in total. The molecule has 3 aromatic rings. The van der Waals surface area contributed by atoms with Gasteiger partial charge in [0.2, 0.25) is 0 Å². The monoisotopic (exact) mass is 448 g/mol. The number of aryl methyl sites for hydroxylation is 1. The molecule has 0 saturated carbocycles. The Kier molecular flexibility index (Phi) is 8.28. The Morgan fingerprint density at radius 1 is 0.969 bits per heavy atom. The fraction of sp³-hybridized carbons (Fsp3) is 0.346. The fourth-order valence-electron chi connectivity index (χ4n) is 3.56. The van der Waals surface area contributed by atoms with Gasteiger partial charge in [-0.2, -0.15) is 0 Å². The lowest BCUT2D eigenvalue weighted by Crippen LogP contribution is -2.26. The zero-order chi connectivity index (χ0) is 23.1. The Morgan fingerprint density at radius 2 is 1.69 bits per heavy atom. The topological polar surface area (TPSA) is 49.3 Å². The summed E-state index contributed by atoms with van der Waals surface area (Å²) in [5.74, 6) is 1.73. The molecule has 1 heterocycles. The van der Waals surface area contributed by atoms with E-state index in [-0.39, 0.29) is 5.91 Å². The Bertz CT molecular complexity index is 1050. The lowest BCUT2D eigenvalue weighted by molar-refractivity contribution is 0.0785. The average molecular weight is 449 g/mol. The molecule has 0 saturated heterocycles. The largest absolute Gasteiger partial charge is 0.359 e. The van der Waals surface area contributed by atoms with Crippen LogP contribution in [0.15, 0.2) is 59.8 Å². The second-order valence-electron chi connectivity index (χ2n) is 8.10. The van der Waals surface area contributed by atoms with Crippen LogP contribution in [0.5, 0.6) is 0 Å². The van der Waals surface area contributed by atoms with Crippen LogP contribution in [0.3, 0.4) is 0 Å². The van der Waals surface area contributed by atoms with Crippen LogP contribution in [-0.2, 0) is 12.3 Å². The van der Waals surface area contributed by atoms with Gasteiger partial charge in [0, 0.05) is 49.8 Å². The Balaban J connectivity index is 1.69. The van der Waals surface area contributed by atoms with E-state index in [1.807, 2.05) is 68.6 Å². The maximum absolute atomic E-state index is 12.9. The number of hydrogen-bond donors (Lipinski definition) is 0. The number of anilines is 1. The molecule has 1 aromatic heterocycles. The van der Waals surface area contributed by atoms with E-state index in [1.54, 1.807) is 16.7 Å². The third-order valence-corrected chi connectivity index (χ3v) is 6.33. The zero-order valence-electron chi connectivity index (χ0n) is 19.6. The quantitative estimate of drug-likeness (QED) is 0.319. The molecule has 168 valence electrons. The molecule has 0 bridgehead atoms. The van der Waals surface area contributed by atoms with Crippen LogP contribution in [0.2, 0.25) is 0 Å². The van der Waals surface area contributed by atoms with Crippen molar-refractivity contribution < 1.29 is 4.79 Å². The Morgan fingerprint density at radius 3 is 2.41 bits per heavy atom. The van der Waals surface area contributed by atoms with E-state index in [2.05, 4.69) is 30.8 Å². The molecule has 0 atom stereocenters. The molecule has 0 radical (unpaired) electrons. The van der Waals surface area contributed by atoms with Crippen molar-refractivity contribution in [3.8, 4) is 0 Å². The molecular weight excluding hydrogens is 416 g/mol. The van der Waals surface area contributed by atoms with E-state index in [9.17, 15) is 4.79 Å². The summed E-state index contributed by atoms with van der Waals surface area (Å²) in [6.07, 6.45) is 1.07. The van der Waals surface area contributed by atoms with Crippen LogP contribution in [0.1, 0.15) is 46.1 Å². The van der Waals surface area contributed by atoms with Crippen molar-refractivity contribution in [2.24, 2.45) is 0 Å². The van der Waals surface area contributed by atoms with Crippen molar-refractivity contribution in [2.45, 2.75) is 44.6 Å². The predicted octanol–water partition coefficient (Wildman–Crippen LogP) is 5.50. The van der Waals surface area contributed by atoms with Gasteiger partial charge in [-0.25, -0.2) is 9.97 Å². The number of hydrogen-bond acceptors (Lipinski definition) is 5. The molecular formula is C26H32N4OS. The van der Waals surface area contributed by atoms with Crippen molar-refractivity contribution in [3.05, 3.63) is 82.5 Å². The lowest BCUT2D eigenvalue weighted by atomic mass is 10.1. The third kappa shape index (κ3) is 6.10. The number of benzene rings is 2. The van der Waals surface area contributed by atoms with E-state index in [0.29, 0.717) is 17.9 Å². The van der Waals surface area contributed by atoms with Gasteiger partial charge in [0.1, 0.15) is 5.82 Å². The fourth-order valence-corrected chi connectivity index (χ4v) is 4.39. The first-order chi connectivity index (χ1) is 15.4. The van der Waals surface area contributed by atoms with Crippen LogP contribution in [-0.4, -0.2) is 41.4 Å². The van der Waals surface area contributed by atoms with Gasteiger partial charge >= 0.3 is 0 Å². The summed E-state index contributed by atoms with van der Waals surface area (Å²) in [6.45, 7) is 7.82. The third-order valence-electron chi connectivity index (χ3n) is 5.41. The standard InChI is InChI=1S/C26H32N4OS/c1-6-15-29(4)24-19(2)20(3)27-26(28-24)32-18-22-13-10-14-23(16-22)25(31)30(5)17-21-11-8-7-9-12-21/h7-14,16H,6,15,17-18H2,1-5H3. The Labute approximate surface area is 195 Å². The SMILES string of the molecule is CCCN(C)c1nc(SCc2cccc(C(=O)N(C)Cc3ccccc3)c2)nc(C)c1C. The number of carbonyl (C=O) groups is 1. The molecule has 0 aliphatic rings. The summed E-state index contributed by atoms with van der Waals surface area (Å²) >= 11 is 1.60. The number of aromatic nitrogens is 2. The minimum Gasteiger partial charge on any atom is -0.359 e. The van der Waals surface area contributed by atoms with E-state index in [1.165, 1.54) is 0 Å². The molecule has 3 rings (SSSR count). The highest BCUT2D eigenvalue weighted by Crippen LogP contribution is 2.26. The summed E-state index contributed by atoms with van der Waals surface area (Å²) in [6, 6.07) is 17.9. The van der Waals surface area contributed by atoms with Gasteiger partial charge < -0.3 is 9.80 Å². The second kappa shape index (κ2) is 11.1.